The molecule has 0 bridgehead atoms. The third-order valence-corrected chi connectivity index (χ3v) is 1.73. The average molecular weight is 215 g/mol. The third kappa shape index (κ3) is 5.83. The summed E-state index contributed by atoms with van der Waals surface area (Å²) in [6.45, 7) is 4.72. The van der Waals surface area contributed by atoms with E-state index in [0.29, 0.717) is 0 Å². The lowest BCUT2D eigenvalue weighted by atomic mass is 10.2. The van der Waals surface area contributed by atoms with E-state index in [1.54, 1.807) is 0 Å². The van der Waals surface area contributed by atoms with Crippen molar-refractivity contribution >= 4 is 17.7 Å². The van der Waals surface area contributed by atoms with E-state index < -0.39 is 23.7 Å². The van der Waals surface area contributed by atoms with Gasteiger partial charge in [-0.15, -0.1) is 0 Å². The van der Waals surface area contributed by atoms with Gasteiger partial charge in [-0.3, -0.25) is 9.59 Å². The molecule has 1 atom stereocenters. The standard InChI is InChI=1S/C10H17NO4/c1-4-5-6-15-10(14)9(7(2)12)11-8(3)13/h9H,4-6H2,1-3H3,(H,11,13). The van der Waals surface area contributed by atoms with Crippen molar-refractivity contribution in [2.75, 3.05) is 6.61 Å². The van der Waals surface area contributed by atoms with Crippen molar-refractivity contribution in [3.63, 3.8) is 0 Å². The van der Waals surface area contributed by atoms with Crippen LogP contribution in [0.5, 0.6) is 0 Å². The molecule has 15 heavy (non-hydrogen) atoms. The van der Waals surface area contributed by atoms with Crippen molar-refractivity contribution in [2.45, 2.75) is 39.7 Å². The fraction of sp³-hybridized carbons (Fsp3) is 0.700. The van der Waals surface area contributed by atoms with Crippen LogP contribution >= 0.6 is 0 Å². The van der Waals surface area contributed by atoms with E-state index in [1.165, 1.54) is 13.8 Å². The van der Waals surface area contributed by atoms with Gasteiger partial charge < -0.3 is 10.1 Å². The molecule has 0 spiro atoms. The van der Waals surface area contributed by atoms with Crippen LogP contribution in [0.15, 0.2) is 0 Å². The average Bonchev–Trinajstić information content (AvgIpc) is 2.13. The Morgan fingerprint density at radius 3 is 2.27 bits per heavy atom. The number of esters is 1. The topological polar surface area (TPSA) is 72.5 Å². The summed E-state index contributed by atoms with van der Waals surface area (Å²) in [5.41, 5.74) is 0. The van der Waals surface area contributed by atoms with E-state index in [9.17, 15) is 14.4 Å². The maximum absolute atomic E-state index is 11.3. The lowest BCUT2D eigenvalue weighted by Crippen LogP contribution is -2.45. The molecule has 0 radical (unpaired) electrons. The number of ether oxygens (including phenoxy) is 1. The molecule has 5 nitrogen and oxygen atoms in total. The van der Waals surface area contributed by atoms with Crippen LogP contribution in [0.4, 0.5) is 0 Å². The third-order valence-electron chi connectivity index (χ3n) is 1.73. The highest BCUT2D eigenvalue weighted by Crippen LogP contribution is 1.95. The SMILES string of the molecule is CCCCOC(=O)C(NC(C)=O)C(C)=O. The van der Waals surface area contributed by atoms with Crippen LogP contribution in [0.2, 0.25) is 0 Å². The Hall–Kier alpha value is -1.39. The van der Waals surface area contributed by atoms with Crippen LogP contribution in [0.3, 0.4) is 0 Å². The summed E-state index contributed by atoms with van der Waals surface area (Å²) in [6.07, 6.45) is 1.65. The molecule has 0 aliphatic carbocycles. The van der Waals surface area contributed by atoms with Crippen molar-refractivity contribution in [1.82, 2.24) is 5.32 Å². The smallest absolute Gasteiger partial charge is 0.336 e. The Balaban J connectivity index is 4.17. The highest BCUT2D eigenvalue weighted by molar-refractivity contribution is 6.04. The molecule has 1 unspecified atom stereocenters. The summed E-state index contributed by atoms with van der Waals surface area (Å²) in [5.74, 6) is -1.54. The summed E-state index contributed by atoms with van der Waals surface area (Å²) in [6, 6.07) is -1.17. The second-order valence-electron chi connectivity index (χ2n) is 3.27. The fourth-order valence-electron chi connectivity index (χ4n) is 0.930. The molecule has 0 aromatic heterocycles. The Labute approximate surface area is 89.2 Å². The minimum Gasteiger partial charge on any atom is -0.464 e. The van der Waals surface area contributed by atoms with Gasteiger partial charge in [-0.1, -0.05) is 13.3 Å². The Kier molecular flexibility index (Phi) is 6.33. The van der Waals surface area contributed by atoms with Crippen molar-refractivity contribution < 1.29 is 19.1 Å². The molecule has 0 saturated carbocycles. The van der Waals surface area contributed by atoms with Gasteiger partial charge in [0.25, 0.3) is 0 Å². The molecule has 0 heterocycles. The molecule has 1 amide bonds. The van der Waals surface area contributed by atoms with E-state index in [0.717, 1.165) is 12.8 Å². The van der Waals surface area contributed by atoms with Crippen LogP contribution < -0.4 is 5.32 Å². The van der Waals surface area contributed by atoms with E-state index in [1.807, 2.05) is 6.92 Å². The molecule has 0 aliphatic rings. The largest absolute Gasteiger partial charge is 0.464 e. The van der Waals surface area contributed by atoms with Crippen LogP contribution in [0.1, 0.15) is 33.6 Å². The molecule has 0 aromatic carbocycles. The second-order valence-corrected chi connectivity index (χ2v) is 3.27. The van der Waals surface area contributed by atoms with Crippen molar-refractivity contribution in [3.05, 3.63) is 0 Å². The number of nitrogens with one attached hydrogen (secondary N) is 1. The minimum atomic E-state index is -1.17. The fourth-order valence-corrected chi connectivity index (χ4v) is 0.930. The van der Waals surface area contributed by atoms with Gasteiger partial charge in [0, 0.05) is 6.92 Å². The van der Waals surface area contributed by atoms with Crippen molar-refractivity contribution in [1.29, 1.82) is 0 Å². The molecule has 5 heteroatoms. The summed E-state index contributed by atoms with van der Waals surface area (Å²) in [5, 5.41) is 2.24. The predicted molar refractivity (Wildman–Crippen MR) is 54.2 cm³/mol. The minimum absolute atomic E-state index is 0.276. The highest BCUT2D eigenvalue weighted by atomic mass is 16.5. The molecule has 0 fully saturated rings. The number of Topliss-reactive ketones (excluding diaryl/α,β-unsaturated/α-hetero) is 1. The van der Waals surface area contributed by atoms with E-state index >= 15 is 0 Å². The Morgan fingerprint density at radius 2 is 1.87 bits per heavy atom. The summed E-state index contributed by atoms with van der Waals surface area (Å²) in [7, 11) is 0. The van der Waals surface area contributed by atoms with Crippen LogP contribution in [0, 0.1) is 0 Å². The Bertz CT molecular complexity index is 250. The number of carbonyl (C=O) groups is 3. The first kappa shape index (κ1) is 13.6. The van der Waals surface area contributed by atoms with Crippen LogP contribution in [-0.4, -0.2) is 30.3 Å². The quantitative estimate of drug-likeness (QED) is 0.396. The maximum Gasteiger partial charge on any atom is 0.336 e. The predicted octanol–water partition coefficient (Wildman–Crippen LogP) is 0.423. The molecule has 86 valence electrons. The van der Waals surface area contributed by atoms with Gasteiger partial charge in [-0.25, -0.2) is 4.79 Å². The first-order chi connectivity index (χ1) is 6.99. The first-order valence-electron chi connectivity index (χ1n) is 4.93. The molecular weight excluding hydrogens is 198 g/mol. The van der Waals surface area contributed by atoms with E-state index in [-0.39, 0.29) is 6.61 Å². The van der Waals surface area contributed by atoms with Crippen LogP contribution in [0.25, 0.3) is 0 Å². The normalized spacial score (nSPS) is 11.7. The van der Waals surface area contributed by atoms with Gasteiger partial charge in [0.05, 0.1) is 6.61 Å². The Morgan fingerprint density at radius 1 is 1.27 bits per heavy atom. The van der Waals surface area contributed by atoms with Gasteiger partial charge >= 0.3 is 5.97 Å². The lowest BCUT2D eigenvalue weighted by molar-refractivity contribution is -0.150. The van der Waals surface area contributed by atoms with Gasteiger partial charge in [0.2, 0.25) is 5.91 Å². The number of ketones is 1. The number of unbranched alkanes of at least 4 members (excludes halogenated alkanes) is 1. The van der Waals surface area contributed by atoms with E-state index in [4.69, 9.17) is 4.74 Å². The molecule has 0 rings (SSSR count). The second kappa shape index (κ2) is 6.98. The summed E-state index contributed by atoms with van der Waals surface area (Å²) < 4.78 is 4.83. The summed E-state index contributed by atoms with van der Waals surface area (Å²) >= 11 is 0. The van der Waals surface area contributed by atoms with Gasteiger partial charge in [-0.2, -0.15) is 0 Å². The number of carbonyl (C=O) groups excluding carboxylic acids is 3. The van der Waals surface area contributed by atoms with Gasteiger partial charge in [-0.05, 0) is 13.3 Å². The molecule has 0 aliphatic heterocycles. The van der Waals surface area contributed by atoms with Crippen molar-refractivity contribution in [3.8, 4) is 0 Å². The van der Waals surface area contributed by atoms with Crippen LogP contribution in [-0.2, 0) is 19.1 Å². The molecule has 0 aromatic rings. The lowest BCUT2D eigenvalue weighted by Gasteiger charge is -2.13. The number of rotatable bonds is 6. The van der Waals surface area contributed by atoms with E-state index in [2.05, 4.69) is 5.32 Å². The zero-order valence-electron chi connectivity index (χ0n) is 9.33. The van der Waals surface area contributed by atoms with Gasteiger partial charge in [0.1, 0.15) is 0 Å². The van der Waals surface area contributed by atoms with Gasteiger partial charge in [0.15, 0.2) is 11.8 Å². The maximum atomic E-state index is 11.3. The highest BCUT2D eigenvalue weighted by Gasteiger charge is 2.25. The molecule has 1 N–H and O–H groups in total. The number of hydrogen-bond donors (Lipinski definition) is 1. The monoisotopic (exact) mass is 215 g/mol. The number of amides is 1. The first-order valence-corrected chi connectivity index (χ1v) is 4.93. The zero-order valence-corrected chi connectivity index (χ0v) is 9.33. The number of hydrogen-bond acceptors (Lipinski definition) is 4. The zero-order chi connectivity index (χ0) is 11.8. The molecule has 0 saturated heterocycles. The summed E-state index contributed by atoms with van der Waals surface area (Å²) in [4.78, 5) is 33.1. The van der Waals surface area contributed by atoms with Crippen molar-refractivity contribution in [2.24, 2.45) is 0 Å². The molecular formula is C10H17NO4.